The van der Waals surface area contributed by atoms with Crippen LogP contribution in [0.25, 0.3) is 0 Å². The van der Waals surface area contributed by atoms with E-state index in [0.29, 0.717) is 5.75 Å². The van der Waals surface area contributed by atoms with Gasteiger partial charge in [0.25, 0.3) is 5.69 Å². The van der Waals surface area contributed by atoms with Crippen molar-refractivity contribution in [2.45, 2.75) is 52.1 Å². The fraction of sp³-hybridized carbons (Fsp3) is 0.571. The zero-order valence-electron chi connectivity index (χ0n) is 11.3. The van der Waals surface area contributed by atoms with Gasteiger partial charge in [-0.2, -0.15) is 0 Å². The van der Waals surface area contributed by atoms with Crippen LogP contribution in [-0.4, -0.2) is 10.5 Å². The Balaban J connectivity index is 2.57. The highest BCUT2D eigenvalue weighted by atomic mass is 16.6. The SMILES string of the molecule is CCCCCC(C)(C)Oc1ccc([N+](=O)[O-])cc1. The van der Waals surface area contributed by atoms with Gasteiger partial charge in [0, 0.05) is 12.1 Å². The summed E-state index contributed by atoms with van der Waals surface area (Å²) in [6.45, 7) is 6.26. The van der Waals surface area contributed by atoms with E-state index >= 15 is 0 Å². The van der Waals surface area contributed by atoms with E-state index in [-0.39, 0.29) is 11.3 Å². The fourth-order valence-electron chi connectivity index (χ4n) is 1.81. The Bertz CT molecular complexity index is 385. The molecular formula is C14H21NO3. The molecule has 0 fully saturated rings. The quantitative estimate of drug-likeness (QED) is 0.411. The van der Waals surface area contributed by atoms with Gasteiger partial charge in [-0.05, 0) is 38.8 Å². The van der Waals surface area contributed by atoms with E-state index in [1.54, 1.807) is 12.1 Å². The average molecular weight is 251 g/mol. The second-order valence-corrected chi connectivity index (χ2v) is 5.07. The number of non-ortho nitro benzene ring substituents is 1. The van der Waals surface area contributed by atoms with E-state index in [2.05, 4.69) is 6.92 Å². The summed E-state index contributed by atoms with van der Waals surface area (Å²) >= 11 is 0. The molecule has 4 nitrogen and oxygen atoms in total. The highest BCUT2D eigenvalue weighted by Crippen LogP contribution is 2.25. The van der Waals surface area contributed by atoms with Gasteiger partial charge in [0.05, 0.1) is 4.92 Å². The maximum absolute atomic E-state index is 10.5. The molecule has 0 amide bonds. The van der Waals surface area contributed by atoms with Gasteiger partial charge in [-0.1, -0.05) is 19.8 Å². The van der Waals surface area contributed by atoms with Gasteiger partial charge in [-0.15, -0.1) is 0 Å². The van der Waals surface area contributed by atoms with Crippen molar-refractivity contribution in [3.63, 3.8) is 0 Å². The Morgan fingerprint density at radius 1 is 1.22 bits per heavy atom. The van der Waals surface area contributed by atoms with Crippen LogP contribution in [0.1, 0.15) is 46.5 Å². The van der Waals surface area contributed by atoms with Crippen LogP contribution in [0.5, 0.6) is 5.75 Å². The first-order chi connectivity index (χ1) is 8.44. The van der Waals surface area contributed by atoms with Gasteiger partial charge < -0.3 is 4.74 Å². The molecule has 4 heteroatoms. The van der Waals surface area contributed by atoms with Crippen molar-refractivity contribution < 1.29 is 9.66 Å². The van der Waals surface area contributed by atoms with Gasteiger partial charge in [0.2, 0.25) is 0 Å². The molecule has 0 atom stereocenters. The maximum atomic E-state index is 10.5. The predicted molar refractivity (Wildman–Crippen MR) is 71.9 cm³/mol. The molecule has 0 spiro atoms. The molecule has 0 bridgehead atoms. The molecule has 1 aromatic carbocycles. The van der Waals surface area contributed by atoms with Crippen molar-refractivity contribution in [1.82, 2.24) is 0 Å². The standard InChI is InChI=1S/C14H21NO3/c1-4-5-6-11-14(2,3)18-13-9-7-12(8-10-13)15(16)17/h7-10H,4-6,11H2,1-3H3. The molecule has 0 aliphatic carbocycles. The molecule has 0 aliphatic rings. The predicted octanol–water partition coefficient (Wildman–Crippen LogP) is 4.33. The molecule has 0 saturated heterocycles. The average Bonchev–Trinajstić information content (AvgIpc) is 2.29. The van der Waals surface area contributed by atoms with Gasteiger partial charge in [0.1, 0.15) is 11.4 Å². The molecule has 0 heterocycles. The summed E-state index contributed by atoms with van der Waals surface area (Å²) in [5, 5.41) is 10.5. The molecule has 0 aliphatic heterocycles. The number of hydrogen-bond donors (Lipinski definition) is 0. The zero-order valence-corrected chi connectivity index (χ0v) is 11.3. The van der Waals surface area contributed by atoms with Crippen LogP contribution < -0.4 is 4.74 Å². The first-order valence-electron chi connectivity index (χ1n) is 6.38. The third kappa shape index (κ3) is 4.73. The van der Waals surface area contributed by atoms with E-state index in [1.807, 2.05) is 13.8 Å². The van der Waals surface area contributed by atoms with E-state index in [1.165, 1.54) is 25.0 Å². The number of rotatable bonds is 7. The Kier molecular flexibility index (Phi) is 5.13. The Hall–Kier alpha value is -1.58. The lowest BCUT2D eigenvalue weighted by atomic mass is 10.0. The number of hydrogen-bond acceptors (Lipinski definition) is 3. The van der Waals surface area contributed by atoms with Crippen LogP contribution in [0.3, 0.4) is 0 Å². The van der Waals surface area contributed by atoms with Crippen molar-refractivity contribution in [3.05, 3.63) is 34.4 Å². The first-order valence-corrected chi connectivity index (χ1v) is 6.38. The smallest absolute Gasteiger partial charge is 0.269 e. The summed E-state index contributed by atoms with van der Waals surface area (Å²) in [4.78, 5) is 10.1. The van der Waals surface area contributed by atoms with Crippen LogP contribution in [0, 0.1) is 10.1 Å². The molecule has 18 heavy (non-hydrogen) atoms. The number of nitro groups is 1. The second-order valence-electron chi connectivity index (χ2n) is 5.07. The third-order valence-electron chi connectivity index (χ3n) is 2.82. The molecule has 1 rings (SSSR count). The summed E-state index contributed by atoms with van der Waals surface area (Å²) in [6.07, 6.45) is 4.51. The molecular weight excluding hydrogens is 230 g/mol. The van der Waals surface area contributed by atoms with E-state index in [4.69, 9.17) is 4.74 Å². The minimum absolute atomic E-state index is 0.0890. The number of unbranched alkanes of at least 4 members (excludes halogenated alkanes) is 2. The largest absolute Gasteiger partial charge is 0.488 e. The number of nitro benzene ring substituents is 1. The molecule has 1 aromatic rings. The highest BCUT2D eigenvalue weighted by Gasteiger charge is 2.19. The summed E-state index contributed by atoms with van der Waals surface area (Å²) < 4.78 is 5.86. The normalized spacial score (nSPS) is 11.3. The van der Waals surface area contributed by atoms with Crippen LogP contribution >= 0.6 is 0 Å². The fourth-order valence-corrected chi connectivity index (χ4v) is 1.81. The monoisotopic (exact) mass is 251 g/mol. The topological polar surface area (TPSA) is 52.4 Å². The summed E-state index contributed by atoms with van der Waals surface area (Å²) in [5.74, 6) is 0.682. The lowest BCUT2D eigenvalue weighted by Gasteiger charge is -2.26. The van der Waals surface area contributed by atoms with E-state index in [9.17, 15) is 10.1 Å². The summed E-state index contributed by atoms with van der Waals surface area (Å²) in [7, 11) is 0. The number of ether oxygens (including phenoxy) is 1. The van der Waals surface area contributed by atoms with Crippen molar-refractivity contribution >= 4 is 5.69 Å². The minimum atomic E-state index is -0.407. The van der Waals surface area contributed by atoms with Crippen molar-refractivity contribution in [1.29, 1.82) is 0 Å². The second kappa shape index (κ2) is 6.38. The van der Waals surface area contributed by atoms with Gasteiger partial charge in [-0.25, -0.2) is 0 Å². The van der Waals surface area contributed by atoms with E-state index in [0.717, 1.165) is 12.8 Å². The number of nitrogens with zero attached hydrogens (tertiary/aromatic N) is 1. The van der Waals surface area contributed by atoms with Crippen LogP contribution in [0.15, 0.2) is 24.3 Å². The van der Waals surface area contributed by atoms with Crippen LogP contribution in [0.4, 0.5) is 5.69 Å². The summed E-state index contributed by atoms with van der Waals surface area (Å²) in [6, 6.07) is 6.24. The Morgan fingerprint density at radius 2 is 1.83 bits per heavy atom. The van der Waals surface area contributed by atoms with Gasteiger partial charge in [0.15, 0.2) is 0 Å². The Morgan fingerprint density at radius 3 is 2.33 bits per heavy atom. The van der Waals surface area contributed by atoms with Crippen molar-refractivity contribution in [3.8, 4) is 5.75 Å². The Labute approximate surface area is 108 Å². The summed E-state index contributed by atoms with van der Waals surface area (Å²) in [5.41, 5.74) is -0.142. The number of benzene rings is 1. The highest BCUT2D eigenvalue weighted by molar-refractivity contribution is 5.36. The minimum Gasteiger partial charge on any atom is -0.488 e. The molecule has 0 saturated carbocycles. The lowest BCUT2D eigenvalue weighted by molar-refractivity contribution is -0.384. The third-order valence-corrected chi connectivity index (χ3v) is 2.82. The zero-order chi connectivity index (χ0) is 13.6. The van der Waals surface area contributed by atoms with Gasteiger partial charge in [-0.3, -0.25) is 10.1 Å². The molecule has 0 N–H and O–H groups in total. The molecule has 0 unspecified atom stereocenters. The molecule has 100 valence electrons. The van der Waals surface area contributed by atoms with Crippen molar-refractivity contribution in [2.75, 3.05) is 0 Å². The van der Waals surface area contributed by atoms with Crippen molar-refractivity contribution in [2.24, 2.45) is 0 Å². The lowest BCUT2D eigenvalue weighted by Crippen LogP contribution is -2.27. The molecule has 0 radical (unpaired) electrons. The van der Waals surface area contributed by atoms with E-state index < -0.39 is 4.92 Å². The van der Waals surface area contributed by atoms with Crippen LogP contribution in [-0.2, 0) is 0 Å². The van der Waals surface area contributed by atoms with Gasteiger partial charge >= 0.3 is 0 Å². The van der Waals surface area contributed by atoms with Crippen LogP contribution in [0.2, 0.25) is 0 Å². The molecule has 0 aromatic heterocycles. The maximum Gasteiger partial charge on any atom is 0.269 e. The first kappa shape index (κ1) is 14.5.